The van der Waals surface area contributed by atoms with Crippen molar-refractivity contribution >= 4 is 29.9 Å². The molecule has 2 heterocycles. The van der Waals surface area contributed by atoms with Crippen molar-refractivity contribution in [3.05, 3.63) is 42.5 Å². The van der Waals surface area contributed by atoms with Gasteiger partial charge in [-0.05, 0) is 38.8 Å². The summed E-state index contributed by atoms with van der Waals surface area (Å²) in [6, 6.07) is 7.75. The quantitative estimate of drug-likeness (QED) is 0.253. The number of fused-ring (bicyclic) bond motifs is 1. The standard InChI is InChI=1S/C20H29N5O2.HI/c1-3-21-20(23-10-6-7-12-25-13-11-22-16(25)2)24-14-17-15-26-18-8-4-5-9-19(18)27-17;/h4-5,8-9,11,13,17H,3,6-7,10,12,14-15H2,1-2H3,(H2,21,23,24);1H. The lowest BCUT2D eigenvalue weighted by Gasteiger charge is -2.25. The molecule has 1 atom stereocenters. The number of rotatable bonds is 8. The molecule has 0 bridgehead atoms. The van der Waals surface area contributed by atoms with Crippen molar-refractivity contribution in [1.29, 1.82) is 0 Å². The molecule has 0 aliphatic carbocycles. The molecule has 2 N–H and O–H groups in total. The van der Waals surface area contributed by atoms with Crippen LogP contribution < -0.4 is 20.1 Å². The highest BCUT2D eigenvalue weighted by atomic mass is 127. The number of halogens is 1. The molecule has 0 amide bonds. The zero-order valence-corrected chi connectivity index (χ0v) is 18.9. The summed E-state index contributed by atoms with van der Waals surface area (Å²) >= 11 is 0. The molecule has 2 aromatic rings. The molecule has 1 aliphatic rings. The van der Waals surface area contributed by atoms with E-state index in [1.807, 2.05) is 43.6 Å². The molecule has 3 rings (SSSR count). The summed E-state index contributed by atoms with van der Waals surface area (Å²) in [6.45, 7) is 7.87. The van der Waals surface area contributed by atoms with E-state index in [1.54, 1.807) is 0 Å². The number of hydrogen-bond donors (Lipinski definition) is 2. The first kappa shape index (κ1) is 22.3. The van der Waals surface area contributed by atoms with Crippen molar-refractivity contribution in [2.45, 2.75) is 39.3 Å². The predicted molar refractivity (Wildman–Crippen MR) is 122 cm³/mol. The predicted octanol–water partition coefficient (Wildman–Crippen LogP) is 2.98. The molecule has 154 valence electrons. The number of hydrogen-bond acceptors (Lipinski definition) is 4. The first-order valence-electron chi connectivity index (χ1n) is 9.64. The Morgan fingerprint density at radius 1 is 1.25 bits per heavy atom. The first-order chi connectivity index (χ1) is 13.3. The van der Waals surface area contributed by atoms with E-state index in [2.05, 4.69) is 32.1 Å². The molecule has 28 heavy (non-hydrogen) atoms. The lowest BCUT2D eigenvalue weighted by Crippen LogP contribution is -2.39. The minimum atomic E-state index is -0.0698. The lowest BCUT2D eigenvalue weighted by atomic mass is 10.2. The van der Waals surface area contributed by atoms with Gasteiger partial charge < -0.3 is 24.7 Å². The summed E-state index contributed by atoms with van der Waals surface area (Å²) in [4.78, 5) is 8.89. The van der Waals surface area contributed by atoms with Crippen LogP contribution in [0, 0.1) is 6.92 Å². The van der Waals surface area contributed by atoms with Gasteiger partial charge in [-0.25, -0.2) is 9.98 Å². The van der Waals surface area contributed by atoms with Gasteiger partial charge in [0, 0.05) is 32.0 Å². The van der Waals surface area contributed by atoms with Gasteiger partial charge in [-0.3, -0.25) is 0 Å². The van der Waals surface area contributed by atoms with E-state index in [0.29, 0.717) is 13.2 Å². The van der Waals surface area contributed by atoms with Crippen molar-refractivity contribution in [2.75, 3.05) is 26.2 Å². The molecule has 0 saturated heterocycles. The second kappa shape index (κ2) is 11.8. The number of imidazole rings is 1. The fourth-order valence-corrected chi connectivity index (χ4v) is 2.94. The molecule has 0 spiro atoms. The minimum Gasteiger partial charge on any atom is -0.486 e. The highest BCUT2D eigenvalue weighted by Crippen LogP contribution is 2.30. The third kappa shape index (κ3) is 6.57. The molecule has 1 aromatic carbocycles. The van der Waals surface area contributed by atoms with Crippen LogP contribution in [-0.2, 0) is 6.54 Å². The number of ether oxygens (including phenoxy) is 2. The lowest BCUT2D eigenvalue weighted by molar-refractivity contribution is 0.0971. The van der Waals surface area contributed by atoms with E-state index in [9.17, 15) is 0 Å². The van der Waals surface area contributed by atoms with Crippen LogP contribution in [-0.4, -0.2) is 47.9 Å². The van der Waals surface area contributed by atoms with Gasteiger partial charge in [0.25, 0.3) is 0 Å². The van der Waals surface area contributed by atoms with Crippen molar-refractivity contribution in [1.82, 2.24) is 20.2 Å². The summed E-state index contributed by atoms with van der Waals surface area (Å²) in [5.74, 6) is 3.47. The van der Waals surface area contributed by atoms with Crippen molar-refractivity contribution in [2.24, 2.45) is 4.99 Å². The van der Waals surface area contributed by atoms with Gasteiger partial charge in [-0.15, -0.1) is 24.0 Å². The van der Waals surface area contributed by atoms with Crippen LogP contribution in [0.15, 0.2) is 41.7 Å². The second-order valence-electron chi connectivity index (χ2n) is 6.52. The highest BCUT2D eigenvalue weighted by Gasteiger charge is 2.20. The Morgan fingerprint density at radius 2 is 2.07 bits per heavy atom. The SMILES string of the molecule is CCNC(=NCC1COc2ccccc2O1)NCCCCn1ccnc1C.I. The maximum absolute atomic E-state index is 5.96. The number of aromatic nitrogens is 2. The summed E-state index contributed by atoms with van der Waals surface area (Å²) < 4.78 is 13.9. The van der Waals surface area contributed by atoms with Crippen LogP contribution in [0.3, 0.4) is 0 Å². The van der Waals surface area contributed by atoms with Crippen molar-refractivity contribution in [3.63, 3.8) is 0 Å². The van der Waals surface area contributed by atoms with Gasteiger partial charge in [0.05, 0.1) is 6.54 Å². The Labute approximate surface area is 184 Å². The number of aryl methyl sites for hydroxylation is 2. The van der Waals surface area contributed by atoms with Gasteiger partial charge in [0.1, 0.15) is 12.4 Å². The van der Waals surface area contributed by atoms with Crippen LogP contribution in [0.4, 0.5) is 0 Å². The molecule has 1 aliphatic heterocycles. The molecule has 1 aromatic heterocycles. The summed E-state index contributed by atoms with van der Waals surface area (Å²) in [5, 5.41) is 6.67. The molecule has 0 saturated carbocycles. The van der Waals surface area contributed by atoms with E-state index < -0.39 is 0 Å². The molecule has 1 unspecified atom stereocenters. The van der Waals surface area contributed by atoms with Crippen LogP contribution in [0.5, 0.6) is 11.5 Å². The van der Waals surface area contributed by atoms with E-state index >= 15 is 0 Å². The van der Waals surface area contributed by atoms with Gasteiger partial charge in [-0.2, -0.15) is 0 Å². The second-order valence-corrected chi connectivity index (χ2v) is 6.52. The van der Waals surface area contributed by atoms with Crippen molar-refractivity contribution < 1.29 is 9.47 Å². The van der Waals surface area contributed by atoms with Crippen LogP contribution in [0.1, 0.15) is 25.6 Å². The fourth-order valence-electron chi connectivity index (χ4n) is 2.94. The van der Waals surface area contributed by atoms with Crippen LogP contribution >= 0.6 is 24.0 Å². The average molecular weight is 499 g/mol. The zero-order valence-electron chi connectivity index (χ0n) is 16.6. The maximum Gasteiger partial charge on any atom is 0.191 e. The smallest absolute Gasteiger partial charge is 0.191 e. The van der Waals surface area contributed by atoms with E-state index in [4.69, 9.17) is 9.47 Å². The Kier molecular flexibility index (Phi) is 9.39. The van der Waals surface area contributed by atoms with Crippen LogP contribution in [0.25, 0.3) is 0 Å². The maximum atomic E-state index is 5.96. The Morgan fingerprint density at radius 3 is 2.82 bits per heavy atom. The number of para-hydroxylation sites is 2. The summed E-state index contributed by atoms with van der Waals surface area (Å²) in [6.07, 6.45) is 5.97. The van der Waals surface area contributed by atoms with Gasteiger partial charge in [0.2, 0.25) is 0 Å². The third-order valence-corrected chi connectivity index (χ3v) is 4.41. The molecule has 0 fully saturated rings. The molecule has 8 heteroatoms. The van der Waals surface area contributed by atoms with Gasteiger partial charge in [0.15, 0.2) is 23.6 Å². The average Bonchev–Trinajstić information content (AvgIpc) is 3.10. The summed E-state index contributed by atoms with van der Waals surface area (Å²) in [5.41, 5.74) is 0. The molecule has 7 nitrogen and oxygen atoms in total. The normalized spacial score (nSPS) is 15.6. The minimum absolute atomic E-state index is 0. The number of benzene rings is 1. The van der Waals surface area contributed by atoms with E-state index in [-0.39, 0.29) is 30.1 Å². The molecule has 0 radical (unpaired) electrons. The largest absolute Gasteiger partial charge is 0.486 e. The molecular formula is C20H30IN5O2. The third-order valence-electron chi connectivity index (χ3n) is 4.41. The van der Waals surface area contributed by atoms with Crippen LogP contribution in [0.2, 0.25) is 0 Å². The molecular weight excluding hydrogens is 469 g/mol. The number of unbranched alkanes of at least 4 members (excludes halogenated alkanes) is 1. The number of guanidine groups is 1. The Hall–Kier alpha value is -1.97. The van der Waals surface area contributed by atoms with Crippen molar-refractivity contribution in [3.8, 4) is 11.5 Å². The number of aliphatic imine (C=N–C) groups is 1. The zero-order chi connectivity index (χ0) is 18.9. The van der Waals surface area contributed by atoms with E-state index in [0.717, 1.165) is 55.8 Å². The van der Waals surface area contributed by atoms with Gasteiger partial charge in [-0.1, -0.05) is 12.1 Å². The fraction of sp³-hybridized carbons (Fsp3) is 0.500. The number of nitrogens with zero attached hydrogens (tertiary/aromatic N) is 3. The number of nitrogens with one attached hydrogen (secondary N) is 2. The topological polar surface area (TPSA) is 72.7 Å². The first-order valence-corrected chi connectivity index (χ1v) is 9.64. The Balaban J connectivity index is 0.00000280. The summed E-state index contributed by atoms with van der Waals surface area (Å²) in [7, 11) is 0. The monoisotopic (exact) mass is 499 g/mol. The van der Waals surface area contributed by atoms with E-state index in [1.165, 1.54) is 0 Å². The van der Waals surface area contributed by atoms with Gasteiger partial charge >= 0.3 is 0 Å². The highest BCUT2D eigenvalue weighted by molar-refractivity contribution is 14.0. The Bertz CT molecular complexity index is 750.